The number of aromatic nitrogens is 3. The van der Waals surface area contributed by atoms with E-state index in [0.29, 0.717) is 17.3 Å². The molecule has 1 atom stereocenters. The van der Waals surface area contributed by atoms with Crippen LogP contribution in [-0.2, 0) is 0 Å². The summed E-state index contributed by atoms with van der Waals surface area (Å²) >= 11 is 0. The monoisotopic (exact) mass is 206 g/mol. The lowest BCUT2D eigenvalue weighted by Gasteiger charge is -1.93. The van der Waals surface area contributed by atoms with E-state index in [4.69, 9.17) is 10.3 Å². The van der Waals surface area contributed by atoms with Crippen molar-refractivity contribution in [1.29, 1.82) is 0 Å². The van der Waals surface area contributed by atoms with Crippen LogP contribution in [0.15, 0.2) is 27.6 Å². The van der Waals surface area contributed by atoms with Crippen molar-refractivity contribution >= 4 is 0 Å². The fourth-order valence-corrected chi connectivity index (χ4v) is 1.08. The number of hydrogen-bond donors (Lipinski definition) is 2. The average Bonchev–Trinajstić information content (AvgIpc) is 2.68. The quantitative estimate of drug-likeness (QED) is 0.743. The highest BCUT2D eigenvalue weighted by atomic mass is 16.5. The van der Waals surface area contributed by atoms with E-state index >= 15 is 0 Å². The molecule has 0 spiro atoms. The third kappa shape index (κ3) is 1.94. The van der Waals surface area contributed by atoms with Gasteiger partial charge in [-0.1, -0.05) is 5.16 Å². The van der Waals surface area contributed by atoms with E-state index in [1.54, 1.807) is 13.0 Å². The van der Waals surface area contributed by atoms with Crippen molar-refractivity contribution in [2.75, 3.05) is 0 Å². The SMILES string of the molecule is CC(N)c1noc(-c2ccc(=O)[nH]c2)n1. The number of nitrogens with zero attached hydrogens (tertiary/aromatic N) is 2. The minimum Gasteiger partial charge on any atom is -0.334 e. The smallest absolute Gasteiger partial charge is 0.259 e. The van der Waals surface area contributed by atoms with Crippen molar-refractivity contribution < 1.29 is 4.52 Å². The van der Waals surface area contributed by atoms with Crippen LogP contribution in [-0.4, -0.2) is 15.1 Å². The number of nitrogens with one attached hydrogen (secondary N) is 1. The Bertz CT molecular complexity index is 494. The first kappa shape index (κ1) is 9.60. The Labute approximate surface area is 85.1 Å². The maximum absolute atomic E-state index is 10.8. The molecule has 0 fully saturated rings. The second-order valence-corrected chi connectivity index (χ2v) is 3.19. The van der Waals surface area contributed by atoms with Gasteiger partial charge in [0, 0.05) is 12.3 Å². The molecule has 0 saturated carbocycles. The summed E-state index contributed by atoms with van der Waals surface area (Å²) in [5, 5.41) is 3.71. The van der Waals surface area contributed by atoms with E-state index in [0.717, 1.165) is 0 Å². The first-order valence-electron chi connectivity index (χ1n) is 4.45. The van der Waals surface area contributed by atoms with Crippen molar-refractivity contribution in [2.45, 2.75) is 13.0 Å². The first-order valence-corrected chi connectivity index (χ1v) is 4.45. The van der Waals surface area contributed by atoms with E-state index in [9.17, 15) is 4.79 Å². The Morgan fingerprint density at radius 1 is 1.53 bits per heavy atom. The molecule has 15 heavy (non-hydrogen) atoms. The predicted molar refractivity (Wildman–Crippen MR) is 53.0 cm³/mol. The third-order valence-corrected chi connectivity index (χ3v) is 1.88. The van der Waals surface area contributed by atoms with Crippen molar-refractivity contribution in [1.82, 2.24) is 15.1 Å². The van der Waals surface area contributed by atoms with Gasteiger partial charge in [-0.2, -0.15) is 4.98 Å². The highest BCUT2D eigenvalue weighted by Gasteiger charge is 2.11. The van der Waals surface area contributed by atoms with Crippen molar-refractivity contribution in [3.8, 4) is 11.5 Å². The van der Waals surface area contributed by atoms with Gasteiger partial charge < -0.3 is 15.2 Å². The van der Waals surface area contributed by atoms with Crippen LogP contribution in [0.2, 0.25) is 0 Å². The van der Waals surface area contributed by atoms with Gasteiger partial charge in [-0.05, 0) is 13.0 Å². The molecule has 3 N–H and O–H groups in total. The molecule has 0 saturated heterocycles. The normalized spacial score (nSPS) is 12.7. The summed E-state index contributed by atoms with van der Waals surface area (Å²) < 4.78 is 4.99. The summed E-state index contributed by atoms with van der Waals surface area (Å²) in [5.74, 6) is 0.787. The summed E-state index contributed by atoms with van der Waals surface area (Å²) in [6, 6.07) is 2.73. The average molecular weight is 206 g/mol. The lowest BCUT2D eigenvalue weighted by molar-refractivity contribution is 0.418. The molecular weight excluding hydrogens is 196 g/mol. The summed E-state index contributed by atoms with van der Waals surface area (Å²) in [6.07, 6.45) is 1.51. The van der Waals surface area contributed by atoms with Gasteiger partial charge in [0.25, 0.3) is 5.89 Å². The summed E-state index contributed by atoms with van der Waals surface area (Å²) in [4.78, 5) is 17.4. The molecule has 0 aromatic carbocycles. The Hall–Kier alpha value is -1.95. The third-order valence-electron chi connectivity index (χ3n) is 1.88. The predicted octanol–water partition coefficient (Wildman–Crippen LogP) is 0.445. The zero-order valence-corrected chi connectivity index (χ0v) is 8.10. The fourth-order valence-electron chi connectivity index (χ4n) is 1.08. The van der Waals surface area contributed by atoms with Crippen molar-refractivity contribution in [2.24, 2.45) is 5.73 Å². The van der Waals surface area contributed by atoms with Crippen LogP contribution in [0, 0.1) is 0 Å². The van der Waals surface area contributed by atoms with Crippen LogP contribution < -0.4 is 11.3 Å². The topological polar surface area (TPSA) is 97.8 Å². The highest BCUT2D eigenvalue weighted by Crippen LogP contribution is 2.16. The van der Waals surface area contributed by atoms with Crippen LogP contribution in [0.3, 0.4) is 0 Å². The van der Waals surface area contributed by atoms with E-state index in [1.165, 1.54) is 12.3 Å². The fraction of sp³-hybridized carbons (Fsp3) is 0.222. The standard InChI is InChI=1S/C9H10N4O2/c1-5(10)8-12-9(15-13-8)6-2-3-7(14)11-4-6/h2-5H,10H2,1H3,(H,11,14). The zero-order chi connectivity index (χ0) is 10.8. The first-order chi connectivity index (χ1) is 7.16. The lowest BCUT2D eigenvalue weighted by Crippen LogP contribution is -2.06. The Balaban J connectivity index is 2.37. The van der Waals surface area contributed by atoms with Gasteiger partial charge in [0.05, 0.1) is 11.6 Å². The van der Waals surface area contributed by atoms with E-state index < -0.39 is 0 Å². The lowest BCUT2D eigenvalue weighted by atomic mass is 10.3. The van der Waals surface area contributed by atoms with E-state index in [2.05, 4.69) is 15.1 Å². The second kappa shape index (κ2) is 3.66. The molecule has 2 aromatic rings. The molecule has 6 heteroatoms. The minimum absolute atomic E-state index is 0.175. The Morgan fingerprint density at radius 2 is 2.33 bits per heavy atom. The van der Waals surface area contributed by atoms with Crippen LogP contribution in [0.5, 0.6) is 0 Å². The molecule has 78 valence electrons. The van der Waals surface area contributed by atoms with Gasteiger partial charge >= 0.3 is 0 Å². The van der Waals surface area contributed by atoms with Gasteiger partial charge in [-0.15, -0.1) is 0 Å². The second-order valence-electron chi connectivity index (χ2n) is 3.19. The molecule has 2 heterocycles. The molecule has 0 aliphatic heterocycles. The summed E-state index contributed by atoms with van der Waals surface area (Å²) in [7, 11) is 0. The zero-order valence-electron chi connectivity index (χ0n) is 8.10. The number of aromatic amines is 1. The highest BCUT2D eigenvalue weighted by molar-refractivity contribution is 5.50. The Kier molecular flexibility index (Phi) is 2.34. The maximum Gasteiger partial charge on any atom is 0.259 e. The molecule has 0 bridgehead atoms. The minimum atomic E-state index is -0.273. The number of hydrogen-bond acceptors (Lipinski definition) is 5. The van der Waals surface area contributed by atoms with Gasteiger partial charge in [0.15, 0.2) is 5.82 Å². The van der Waals surface area contributed by atoms with Gasteiger partial charge in [-0.3, -0.25) is 4.79 Å². The van der Waals surface area contributed by atoms with Gasteiger partial charge in [-0.25, -0.2) is 0 Å². The molecule has 6 nitrogen and oxygen atoms in total. The van der Waals surface area contributed by atoms with Crippen molar-refractivity contribution in [3.63, 3.8) is 0 Å². The van der Waals surface area contributed by atoms with Crippen molar-refractivity contribution in [3.05, 3.63) is 34.5 Å². The summed E-state index contributed by atoms with van der Waals surface area (Å²) in [6.45, 7) is 1.77. The molecule has 0 radical (unpaired) electrons. The van der Waals surface area contributed by atoms with Gasteiger partial charge in [0.2, 0.25) is 5.56 Å². The number of rotatable bonds is 2. The molecule has 2 aromatic heterocycles. The number of nitrogens with two attached hydrogens (primary N) is 1. The van der Waals surface area contributed by atoms with Crippen LogP contribution in [0.25, 0.3) is 11.5 Å². The van der Waals surface area contributed by atoms with Crippen LogP contribution >= 0.6 is 0 Å². The summed E-state index contributed by atoms with van der Waals surface area (Å²) in [5.41, 5.74) is 6.07. The number of H-pyrrole nitrogens is 1. The molecule has 0 aliphatic carbocycles. The number of pyridine rings is 1. The maximum atomic E-state index is 10.8. The molecule has 0 amide bonds. The van der Waals surface area contributed by atoms with Gasteiger partial charge in [0.1, 0.15) is 0 Å². The molecule has 1 unspecified atom stereocenters. The van der Waals surface area contributed by atoms with E-state index in [1.807, 2.05) is 0 Å². The van der Waals surface area contributed by atoms with E-state index in [-0.39, 0.29) is 11.6 Å². The van der Waals surface area contributed by atoms with Crippen LogP contribution in [0.4, 0.5) is 0 Å². The molecular formula is C9H10N4O2. The molecule has 2 rings (SSSR count). The Morgan fingerprint density at radius 3 is 2.87 bits per heavy atom. The van der Waals surface area contributed by atoms with Crippen LogP contribution in [0.1, 0.15) is 18.8 Å². The largest absolute Gasteiger partial charge is 0.334 e. The molecule has 0 aliphatic rings.